The maximum atomic E-state index is 12.3. The van der Waals surface area contributed by atoms with Crippen molar-refractivity contribution in [3.63, 3.8) is 0 Å². The van der Waals surface area contributed by atoms with Gasteiger partial charge < -0.3 is 5.32 Å². The molecular formula is C19H23N2O3S+. The molecule has 25 heavy (non-hydrogen) atoms. The Labute approximate surface area is 153 Å². The van der Waals surface area contributed by atoms with E-state index in [1.165, 1.54) is 0 Å². The van der Waals surface area contributed by atoms with E-state index in [9.17, 15) is 4.79 Å². The predicted molar refractivity (Wildman–Crippen MR) is 104 cm³/mol. The van der Waals surface area contributed by atoms with Crippen molar-refractivity contribution in [3.8, 4) is 0 Å². The molecule has 0 bridgehead atoms. The number of nitrogens with one attached hydrogen (secondary N) is 1. The third-order valence-electron chi connectivity index (χ3n) is 3.79. The Balaban J connectivity index is 2.30. The van der Waals surface area contributed by atoms with Crippen LogP contribution in [-0.2, 0) is 9.68 Å². The number of benzene rings is 2. The van der Waals surface area contributed by atoms with Crippen LogP contribution in [0.3, 0.4) is 0 Å². The second-order valence-electron chi connectivity index (χ2n) is 5.43. The van der Waals surface area contributed by atoms with E-state index in [0.717, 1.165) is 6.42 Å². The van der Waals surface area contributed by atoms with Gasteiger partial charge in [0.05, 0.1) is 0 Å². The van der Waals surface area contributed by atoms with Crippen LogP contribution < -0.4 is 10.1 Å². The van der Waals surface area contributed by atoms with Crippen molar-refractivity contribution in [2.45, 2.75) is 19.8 Å². The number of carbonyl (C=O) groups is 1. The van der Waals surface area contributed by atoms with E-state index in [1.807, 2.05) is 43.3 Å². The van der Waals surface area contributed by atoms with Gasteiger partial charge in [0, 0.05) is 34.6 Å². The summed E-state index contributed by atoms with van der Waals surface area (Å²) in [6.07, 6.45) is 1.56. The normalized spacial score (nSPS) is 11.2. The molecule has 0 aromatic heterocycles. The summed E-state index contributed by atoms with van der Waals surface area (Å²) < 4.78 is 0. The number of nitrogens with zero attached hydrogens (tertiary/aromatic N) is 1. The monoisotopic (exact) mass is 359 g/mol. The third kappa shape index (κ3) is 4.29. The molecule has 0 saturated heterocycles. The molecule has 6 heteroatoms. The highest BCUT2D eigenvalue weighted by atomic mass is 32.1. The number of amides is 1. The highest BCUT2D eigenvalue weighted by Gasteiger charge is 2.39. The van der Waals surface area contributed by atoms with Gasteiger partial charge in [0.2, 0.25) is 10.7 Å². The lowest BCUT2D eigenvalue weighted by atomic mass is 10.2. The zero-order chi connectivity index (χ0) is 18.3. The highest BCUT2D eigenvalue weighted by molar-refractivity contribution is 7.80. The number of carbonyl (C=O) groups excluding carboxylic acids is 1. The van der Waals surface area contributed by atoms with Crippen LogP contribution in [0.2, 0.25) is 0 Å². The molecule has 132 valence electrons. The smallest absolute Gasteiger partial charge is 0.255 e. The van der Waals surface area contributed by atoms with Crippen LogP contribution in [0.25, 0.3) is 0 Å². The minimum Gasteiger partial charge on any atom is -0.322 e. The van der Waals surface area contributed by atoms with Crippen LogP contribution in [0.1, 0.15) is 30.1 Å². The lowest BCUT2D eigenvalue weighted by Gasteiger charge is -2.29. The van der Waals surface area contributed by atoms with Crippen LogP contribution in [0.4, 0.5) is 11.4 Å². The van der Waals surface area contributed by atoms with Gasteiger partial charge in [-0.1, -0.05) is 31.2 Å². The number of quaternary nitrogens is 1. The van der Waals surface area contributed by atoms with Crippen molar-refractivity contribution in [1.82, 2.24) is 4.81 Å². The average Bonchev–Trinajstić information content (AvgIpc) is 2.64. The molecule has 0 aliphatic heterocycles. The fourth-order valence-corrected chi connectivity index (χ4v) is 3.01. The first-order valence-electron chi connectivity index (χ1n) is 8.08. The molecule has 1 N–H and O–H groups in total. The minimum atomic E-state index is -0.321. The van der Waals surface area contributed by atoms with E-state index in [4.69, 9.17) is 21.9 Å². The first-order chi connectivity index (χ1) is 12.1. The number of hydrogen-bond donors (Lipinski definition) is 1. The molecule has 0 fully saturated rings. The van der Waals surface area contributed by atoms with E-state index < -0.39 is 0 Å². The summed E-state index contributed by atoms with van der Waals surface area (Å²) in [7, 11) is 3.08. The molecule has 0 unspecified atom stereocenters. The van der Waals surface area contributed by atoms with E-state index >= 15 is 0 Å². The first kappa shape index (κ1) is 19.2. The summed E-state index contributed by atoms with van der Waals surface area (Å²) in [5.41, 5.74) is 1.92. The molecule has 0 saturated carbocycles. The van der Waals surface area contributed by atoms with Crippen molar-refractivity contribution in [2.24, 2.45) is 0 Å². The van der Waals surface area contributed by atoms with Crippen LogP contribution in [0, 0.1) is 0 Å². The highest BCUT2D eigenvalue weighted by Crippen LogP contribution is 2.29. The predicted octanol–water partition coefficient (Wildman–Crippen LogP) is 4.50. The third-order valence-corrected chi connectivity index (χ3v) is 4.23. The molecule has 0 atom stereocenters. The van der Waals surface area contributed by atoms with Gasteiger partial charge in [-0.05, 0) is 36.8 Å². The van der Waals surface area contributed by atoms with Gasteiger partial charge in [0.1, 0.15) is 14.2 Å². The number of hydrogen-bond acceptors (Lipinski definition) is 4. The van der Waals surface area contributed by atoms with Crippen molar-refractivity contribution in [1.29, 1.82) is 0 Å². The Morgan fingerprint density at radius 2 is 1.76 bits per heavy atom. The molecule has 0 spiro atoms. The number of hydroxylamine groups is 2. The summed E-state index contributed by atoms with van der Waals surface area (Å²) in [4.78, 5) is 23.8. The van der Waals surface area contributed by atoms with Gasteiger partial charge in [-0.3, -0.25) is 4.79 Å². The molecule has 0 aliphatic rings. The Morgan fingerprint density at radius 1 is 1.08 bits per heavy atom. The van der Waals surface area contributed by atoms with Gasteiger partial charge in [-0.2, -0.15) is 9.68 Å². The number of thiocarbonyl (C=S) groups is 1. The number of rotatable bonds is 7. The van der Waals surface area contributed by atoms with E-state index in [-0.39, 0.29) is 10.7 Å². The minimum absolute atomic E-state index is 0.179. The zero-order valence-corrected chi connectivity index (χ0v) is 15.5. The standard InChI is InChI=1S/C19H22N2O3S/c1-4-9-18(25)21(23-2,24-3)17-13-8-12-16(14-17)20-19(22)15-10-6-5-7-11-15/h5-8,10-14H,4,9H2,1-3H3/p+1. The maximum Gasteiger partial charge on any atom is 0.255 e. The van der Waals surface area contributed by atoms with E-state index in [1.54, 1.807) is 32.4 Å². The van der Waals surface area contributed by atoms with E-state index in [0.29, 0.717) is 28.3 Å². The summed E-state index contributed by atoms with van der Waals surface area (Å²) >= 11 is 5.51. The molecule has 5 nitrogen and oxygen atoms in total. The summed E-state index contributed by atoms with van der Waals surface area (Å²) in [6, 6.07) is 16.3. The van der Waals surface area contributed by atoms with Crippen molar-refractivity contribution >= 4 is 34.5 Å². The van der Waals surface area contributed by atoms with Gasteiger partial charge in [0.25, 0.3) is 5.91 Å². The van der Waals surface area contributed by atoms with E-state index in [2.05, 4.69) is 5.32 Å². The van der Waals surface area contributed by atoms with Crippen molar-refractivity contribution in [3.05, 3.63) is 60.2 Å². The summed E-state index contributed by atoms with van der Waals surface area (Å²) in [5, 5.41) is 2.89. The Morgan fingerprint density at radius 3 is 2.36 bits per heavy atom. The van der Waals surface area contributed by atoms with Crippen LogP contribution >= 0.6 is 12.2 Å². The fourth-order valence-electron chi connectivity index (χ4n) is 2.55. The molecule has 1 amide bonds. The van der Waals surface area contributed by atoms with Crippen LogP contribution in [-0.4, -0.2) is 25.1 Å². The average molecular weight is 359 g/mol. The van der Waals surface area contributed by atoms with Gasteiger partial charge in [-0.15, -0.1) is 0 Å². The number of anilines is 1. The molecule has 2 aromatic carbocycles. The van der Waals surface area contributed by atoms with Gasteiger partial charge in [-0.25, -0.2) is 0 Å². The molecule has 2 aromatic rings. The second kappa shape index (κ2) is 8.82. The SMILES string of the molecule is CCCC(=S)[N+](OC)(OC)c1cccc(NC(=O)c2ccccc2)c1. The van der Waals surface area contributed by atoms with Gasteiger partial charge >= 0.3 is 0 Å². The first-order valence-corrected chi connectivity index (χ1v) is 8.49. The lowest BCUT2D eigenvalue weighted by Crippen LogP contribution is -2.51. The maximum absolute atomic E-state index is 12.3. The largest absolute Gasteiger partial charge is 0.322 e. The molecule has 0 radical (unpaired) electrons. The Kier molecular flexibility index (Phi) is 6.78. The van der Waals surface area contributed by atoms with Crippen LogP contribution in [0.15, 0.2) is 54.6 Å². The quantitative estimate of drug-likeness (QED) is 0.449. The second-order valence-corrected chi connectivity index (χ2v) is 5.90. The van der Waals surface area contributed by atoms with Crippen molar-refractivity contribution < 1.29 is 14.5 Å². The fraction of sp³-hybridized carbons (Fsp3) is 0.263. The summed E-state index contributed by atoms with van der Waals surface area (Å²) in [6.45, 7) is 2.04. The Hall–Kier alpha value is -2.12. The zero-order valence-electron chi connectivity index (χ0n) is 14.7. The molecule has 0 heterocycles. The summed E-state index contributed by atoms with van der Waals surface area (Å²) in [5.74, 6) is -0.179. The topological polar surface area (TPSA) is 47.6 Å². The molecule has 0 aliphatic carbocycles. The molecular weight excluding hydrogens is 336 g/mol. The van der Waals surface area contributed by atoms with Gasteiger partial charge in [0.15, 0.2) is 0 Å². The van der Waals surface area contributed by atoms with Crippen molar-refractivity contribution in [2.75, 3.05) is 19.5 Å². The van der Waals surface area contributed by atoms with Crippen LogP contribution in [0.5, 0.6) is 0 Å². The lowest BCUT2D eigenvalue weighted by molar-refractivity contribution is -0.272. The molecule has 2 rings (SSSR count). The Bertz CT molecular complexity index is 730.